The van der Waals surface area contributed by atoms with Gasteiger partial charge in [0.2, 0.25) is 0 Å². The second kappa shape index (κ2) is 6.43. The van der Waals surface area contributed by atoms with Crippen molar-refractivity contribution in [2.75, 3.05) is 0 Å². The van der Waals surface area contributed by atoms with Gasteiger partial charge in [-0.1, -0.05) is 56.3 Å². The van der Waals surface area contributed by atoms with Crippen LogP contribution in [0.3, 0.4) is 0 Å². The maximum atomic E-state index is 12.0. The average molecular weight is 297 g/mol. The van der Waals surface area contributed by atoms with E-state index in [4.69, 9.17) is 10.6 Å². The normalized spacial score (nSPS) is 12.0. The molecule has 0 amide bonds. The number of nitrogens with two attached hydrogens (primary N) is 1. The summed E-state index contributed by atoms with van der Waals surface area (Å²) in [6, 6.07) is 16.6. The fraction of sp³-hybridized carbons (Fsp3) is 0.222. The highest BCUT2D eigenvalue weighted by atomic mass is 16.7. The van der Waals surface area contributed by atoms with Crippen molar-refractivity contribution >= 4 is 11.8 Å². The first-order valence-corrected chi connectivity index (χ1v) is 7.13. The van der Waals surface area contributed by atoms with Gasteiger partial charge in [-0.15, -0.1) is 0 Å². The van der Waals surface area contributed by atoms with Gasteiger partial charge in [0.25, 0.3) is 0 Å². The lowest BCUT2D eigenvalue weighted by atomic mass is 9.87. The standard InChI is InChI=1S/C18H20N2O2/c1-18(2,3)15-11-9-14(10-12-15)17(21)22-20-16(19)13-7-5-4-6-8-13/h4-12H,1-3H3,(H2,19,20)/p+1. The molecule has 3 N–H and O–H groups in total. The monoisotopic (exact) mass is 297 g/mol. The Labute approximate surface area is 130 Å². The number of amidine groups is 1. The number of nitrogen functional groups attached to an aromatic ring is 1. The molecule has 0 bridgehead atoms. The van der Waals surface area contributed by atoms with Crippen LogP contribution in [0.15, 0.2) is 54.6 Å². The SMILES string of the molecule is CC(C)(C)c1ccc(C(=O)O[NH+]=C(N)c2ccccc2)cc1. The number of carbonyl (C=O) groups is 1. The number of carbonyl (C=O) groups excluding carboxylic acids is 1. The summed E-state index contributed by atoms with van der Waals surface area (Å²) in [7, 11) is 0. The Morgan fingerprint density at radius 1 is 0.955 bits per heavy atom. The van der Waals surface area contributed by atoms with Gasteiger partial charge >= 0.3 is 11.8 Å². The Morgan fingerprint density at radius 3 is 2.09 bits per heavy atom. The minimum Gasteiger partial charge on any atom is -0.284 e. The van der Waals surface area contributed by atoms with Gasteiger partial charge in [0.15, 0.2) is 0 Å². The zero-order chi connectivity index (χ0) is 16.2. The van der Waals surface area contributed by atoms with Crippen LogP contribution >= 0.6 is 0 Å². The second-order valence-electron chi connectivity index (χ2n) is 6.10. The third-order valence-electron chi connectivity index (χ3n) is 3.33. The van der Waals surface area contributed by atoms with Gasteiger partial charge in [0.05, 0.1) is 11.1 Å². The van der Waals surface area contributed by atoms with Crippen LogP contribution in [0.25, 0.3) is 0 Å². The topological polar surface area (TPSA) is 66.3 Å². The number of rotatable bonds is 3. The van der Waals surface area contributed by atoms with Crippen molar-refractivity contribution in [2.24, 2.45) is 5.73 Å². The van der Waals surface area contributed by atoms with Crippen LogP contribution < -0.4 is 10.9 Å². The predicted molar refractivity (Wildman–Crippen MR) is 86.3 cm³/mol. The molecule has 0 aliphatic heterocycles. The van der Waals surface area contributed by atoms with Crippen molar-refractivity contribution in [1.29, 1.82) is 0 Å². The summed E-state index contributed by atoms with van der Waals surface area (Å²) in [4.78, 5) is 17.0. The predicted octanol–water partition coefficient (Wildman–Crippen LogP) is 1.54. The summed E-state index contributed by atoms with van der Waals surface area (Å²) in [6.45, 7) is 6.37. The van der Waals surface area contributed by atoms with Crippen molar-refractivity contribution in [3.8, 4) is 0 Å². The summed E-state index contributed by atoms with van der Waals surface area (Å²) in [5.74, 6) is -0.181. The van der Waals surface area contributed by atoms with Crippen LogP contribution in [0, 0.1) is 0 Å². The first kappa shape index (κ1) is 15.8. The van der Waals surface area contributed by atoms with E-state index in [0.717, 1.165) is 11.1 Å². The zero-order valence-electron chi connectivity index (χ0n) is 13.1. The van der Waals surface area contributed by atoms with Crippen molar-refractivity contribution in [3.05, 3.63) is 71.3 Å². The lowest BCUT2D eigenvalue weighted by molar-refractivity contribution is -0.721. The molecular formula is C18H21N2O2+. The number of nitrogens with one attached hydrogen (secondary N) is 1. The van der Waals surface area contributed by atoms with Crippen LogP contribution in [0.4, 0.5) is 0 Å². The Balaban J connectivity index is 2.07. The molecule has 4 nitrogen and oxygen atoms in total. The molecule has 2 aromatic rings. The molecule has 114 valence electrons. The lowest BCUT2D eigenvalue weighted by Gasteiger charge is -2.18. The third-order valence-corrected chi connectivity index (χ3v) is 3.33. The molecule has 0 atom stereocenters. The molecule has 2 aromatic carbocycles. The van der Waals surface area contributed by atoms with Crippen LogP contribution in [0.1, 0.15) is 42.3 Å². The van der Waals surface area contributed by atoms with E-state index >= 15 is 0 Å². The molecule has 0 aliphatic rings. The summed E-state index contributed by atoms with van der Waals surface area (Å²) < 4.78 is 0. The number of hydrogen-bond acceptors (Lipinski definition) is 2. The molecule has 0 saturated heterocycles. The largest absolute Gasteiger partial charge is 0.387 e. The number of hydrogen-bond donors (Lipinski definition) is 2. The molecule has 0 unspecified atom stereocenters. The first-order valence-electron chi connectivity index (χ1n) is 7.13. The Hall–Kier alpha value is -2.62. The van der Waals surface area contributed by atoms with Gasteiger partial charge in [0.1, 0.15) is 0 Å². The maximum Gasteiger partial charge on any atom is 0.387 e. The van der Waals surface area contributed by atoms with Crippen LogP contribution in [-0.4, -0.2) is 11.8 Å². The Kier molecular flexibility index (Phi) is 4.61. The smallest absolute Gasteiger partial charge is 0.284 e. The second-order valence-corrected chi connectivity index (χ2v) is 6.10. The molecule has 0 spiro atoms. The average Bonchev–Trinajstić information content (AvgIpc) is 2.52. The summed E-state index contributed by atoms with van der Waals surface area (Å²) in [5, 5.41) is 2.49. The highest BCUT2D eigenvalue weighted by Crippen LogP contribution is 2.22. The molecule has 0 aliphatic carbocycles. The van der Waals surface area contributed by atoms with Gasteiger partial charge in [0, 0.05) is 0 Å². The first-order chi connectivity index (χ1) is 10.4. The maximum absolute atomic E-state index is 12.0. The van der Waals surface area contributed by atoms with E-state index in [0.29, 0.717) is 11.4 Å². The van der Waals surface area contributed by atoms with E-state index in [2.05, 4.69) is 25.9 Å². The molecular weight excluding hydrogens is 276 g/mol. The lowest BCUT2D eigenvalue weighted by Crippen LogP contribution is -2.75. The van der Waals surface area contributed by atoms with Gasteiger partial charge in [-0.3, -0.25) is 10.6 Å². The van der Waals surface area contributed by atoms with Crippen LogP contribution in [-0.2, 0) is 10.3 Å². The summed E-state index contributed by atoms with van der Waals surface area (Å²) >= 11 is 0. The van der Waals surface area contributed by atoms with Crippen molar-refractivity contribution in [3.63, 3.8) is 0 Å². The minimum absolute atomic E-state index is 0.0478. The van der Waals surface area contributed by atoms with Gasteiger partial charge in [-0.2, -0.15) is 0 Å². The van der Waals surface area contributed by atoms with Gasteiger partial charge in [-0.25, -0.2) is 4.79 Å². The molecule has 4 heteroatoms. The summed E-state index contributed by atoms with van der Waals surface area (Å²) in [5.41, 5.74) is 8.27. The van der Waals surface area contributed by atoms with Gasteiger partial charge in [-0.05, 0) is 35.2 Å². The van der Waals surface area contributed by atoms with Crippen LogP contribution in [0.5, 0.6) is 0 Å². The van der Waals surface area contributed by atoms with Crippen molar-refractivity contribution in [2.45, 2.75) is 26.2 Å². The molecule has 0 radical (unpaired) electrons. The van der Waals surface area contributed by atoms with Gasteiger partial charge < -0.3 is 0 Å². The highest BCUT2D eigenvalue weighted by Gasteiger charge is 2.15. The molecule has 22 heavy (non-hydrogen) atoms. The zero-order valence-corrected chi connectivity index (χ0v) is 13.1. The quantitative estimate of drug-likeness (QED) is 0.391. The van der Waals surface area contributed by atoms with E-state index in [1.165, 1.54) is 0 Å². The van der Waals surface area contributed by atoms with Crippen molar-refractivity contribution < 1.29 is 14.8 Å². The Bertz CT molecular complexity index is 668. The fourth-order valence-electron chi connectivity index (χ4n) is 1.94. The van der Waals surface area contributed by atoms with Crippen molar-refractivity contribution in [1.82, 2.24) is 0 Å². The molecule has 2 rings (SSSR count). The van der Waals surface area contributed by atoms with E-state index < -0.39 is 5.97 Å². The van der Waals surface area contributed by atoms with E-state index in [1.54, 1.807) is 12.1 Å². The summed E-state index contributed by atoms with van der Waals surface area (Å²) in [6.07, 6.45) is 0. The molecule has 0 heterocycles. The molecule has 0 saturated carbocycles. The molecule has 0 aromatic heterocycles. The Morgan fingerprint density at radius 2 is 1.55 bits per heavy atom. The molecule has 0 fully saturated rings. The van der Waals surface area contributed by atoms with E-state index in [1.807, 2.05) is 42.5 Å². The van der Waals surface area contributed by atoms with E-state index in [-0.39, 0.29) is 5.41 Å². The van der Waals surface area contributed by atoms with E-state index in [9.17, 15) is 4.79 Å². The number of benzene rings is 2. The fourth-order valence-corrected chi connectivity index (χ4v) is 1.94. The third kappa shape index (κ3) is 3.95. The van der Waals surface area contributed by atoms with Crippen LogP contribution in [0.2, 0.25) is 0 Å². The highest BCUT2D eigenvalue weighted by molar-refractivity contribution is 5.93. The minimum atomic E-state index is -0.473.